The zero-order valence-electron chi connectivity index (χ0n) is 11.7. The van der Waals surface area contributed by atoms with Crippen molar-refractivity contribution in [2.75, 3.05) is 14.2 Å². The van der Waals surface area contributed by atoms with Gasteiger partial charge in [0.1, 0.15) is 16.5 Å². The van der Waals surface area contributed by atoms with Gasteiger partial charge in [0.2, 0.25) is 0 Å². The van der Waals surface area contributed by atoms with Crippen molar-refractivity contribution in [3.63, 3.8) is 0 Å². The second-order valence-electron chi connectivity index (χ2n) is 4.30. The summed E-state index contributed by atoms with van der Waals surface area (Å²) in [5.41, 5.74) is 1.98. The molecule has 0 aliphatic rings. The molecule has 102 valence electrons. The van der Waals surface area contributed by atoms with E-state index in [-0.39, 0.29) is 0 Å². The Morgan fingerprint density at radius 1 is 1.11 bits per heavy atom. The van der Waals surface area contributed by atoms with Crippen molar-refractivity contribution in [3.05, 3.63) is 22.7 Å². The quantitative estimate of drug-likeness (QED) is 0.840. The van der Waals surface area contributed by atoms with Crippen molar-refractivity contribution >= 4 is 11.3 Å². The molecule has 0 aliphatic heterocycles. The number of hydrogen-bond donors (Lipinski definition) is 0. The number of ether oxygens (including phenoxy) is 2. The summed E-state index contributed by atoms with van der Waals surface area (Å²) in [6, 6.07) is 3.97. The van der Waals surface area contributed by atoms with Gasteiger partial charge in [-0.15, -0.1) is 10.2 Å². The first-order valence-electron chi connectivity index (χ1n) is 6.25. The third kappa shape index (κ3) is 2.87. The summed E-state index contributed by atoms with van der Waals surface area (Å²) < 4.78 is 10.9. The van der Waals surface area contributed by atoms with Crippen LogP contribution in [0.3, 0.4) is 0 Å². The molecule has 0 fully saturated rings. The molecule has 2 rings (SSSR count). The van der Waals surface area contributed by atoms with E-state index in [4.69, 9.17) is 9.47 Å². The number of nitrogens with zero attached hydrogens (tertiary/aromatic N) is 2. The van der Waals surface area contributed by atoms with E-state index >= 15 is 0 Å². The van der Waals surface area contributed by atoms with E-state index in [1.54, 1.807) is 25.6 Å². The van der Waals surface area contributed by atoms with Crippen LogP contribution in [0.2, 0.25) is 0 Å². The van der Waals surface area contributed by atoms with E-state index in [2.05, 4.69) is 17.1 Å². The van der Waals surface area contributed by atoms with Crippen LogP contribution in [0.25, 0.3) is 10.6 Å². The molecule has 1 aromatic carbocycles. The highest BCUT2D eigenvalue weighted by Gasteiger charge is 2.17. The average molecular weight is 278 g/mol. The highest BCUT2D eigenvalue weighted by Crippen LogP contribution is 2.40. The second kappa shape index (κ2) is 6.02. The van der Waals surface area contributed by atoms with Crippen LogP contribution >= 0.6 is 11.3 Å². The Kier molecular flexibility index (Phi) is 4.37. The van der Waals surface area contributed by atoms with Gasteiger partial charge >= 0.3 is 0 Å². The molecule has 0 amide bonds. The van der Waals surface area contributed by atoms with Crippen LogP contribution in [0, 0.1) is 6.92 Å². The van der Waals surface area contributed by atoms with Gasteiger partial charge in [0.15, 0.2) is 5.01 Å². The van der Waals surface area contributed by atoms with Crippen LogP contribution < -0.4 is 9.47 Å². The van der Waals surface area contributed by atoms with Gasteiger partial charge in [-0.2, -0.15) is 0 Å². The fourth-order valence-corrected chi connectivity index (χ4v) is 2.92. The Bertz CT molecular complexity index is 541. The zero-order chi connectivity index (χ0) is 13.8. The Morgan fingerprint density at radius 3 is 2.26 bits per heavy atom. The van der Waals surface area contributed by atoms with E-state index in [0.717, 1.165) is 45.5 Å². The zero-order valence-corrected chi connectivity index (χ0v) is 12.5. The van der Waals surface area contributed by atoms with Gasteiger partial charge < -0.3 is 9.47 Å². The van der Waals surface area contributed by atoms with Crippen LogP contribution in [0.5, 0.6) is 11.5 Å². The van der Waals surface area contributed by atoms with E-state index in [1.807, 2.05) is 19.1 Å². The molecule has 0 atom stereocenters. The molecule has 0 aliphatic carbocycles. The first-order chi connectivity index (χ1) is 9.19. The number of hydrogen-bond acceptors (Lipinski definition) is 5. The first kappa shape index (κ1) is 13.8. The molecular formula is C14H18N2O2S. The topological polar surface area (TPSA) is 44.2 Å². The van der Waals surface area contributed by atoms with E-state index < -0.39 is 0 Å². The fourth-order valence-electron chi connectivity index (χ4n) is 1.92. The van der Waals surface area contributed by atoms with E-state index in [1.165, 1.54) is 0 Å². The van der Waals surface area contributed by atoms with Crippen molar-refractivity contribution in [1.29, 1.82) is 0 Å². The third-order valence-corrected chi connectivity index (χ3v) is 3.80. The molecule has 0 spiro atoms. The molecule has 5 heteroatoms. The molecule has 0 N–H and O–H groups in total. The number of methoxy groups -OCH3 is 2. The molecule has 4 nitrogen and oxygen atoms in total. The predicted octanol–water partition coefficient (Wildman–Crippen LogP) is 3.48. The van der Waals surface area contributed by atoms with Crippen molar-refractivity contribution in [2.24, 2.45) is 0 Å². The van der Waals surface area contributed by atoms with Crippen molar-refractivity contribution in [2.45, 2.75) is 26.7 Å². The van der Waals surface area contributed by atoms with Crippen LogP contribution in [0.15, 0.2) is 12.1 Å². The highest BCUT2D eigenvalue weighted by molar-refractivity contribution is 7.14. The number of benzene rings is 1. The SMILES string of the molecule is CCCc1nnc(-c2c(OC)cc(C)cc2OC)s1. The number of aryl methyl sites for hydroxylation is 2. The predicted molar refractivity (Wildman–Crippen MR) is 77.2 cm³/mol. The second-order valence-corrected chi connectivity index (χ2v) is 5.36. The lowest BCUT2D eigenvalue weighted by Crippen LogP contribution is -1.94. The smallest absolute Gasteiger partial charge is 0.155 e. The molecule has 0 unspecified atom stereocenters. The number of rotatable bonds is 5. The van der Waals surface area contributed by atoms with E-state index in [9.17, 15) is 0 Å². The van der Waals surface area contributed by atoms with Gasteiger partial charge in [-0.25, -0.2) is 0 Å². The third-order valence-electron chi connectivity index (χ3n) is 2.79. The lowest BCUT2D eigenvalue weighted by atomic mass is 10.1. The minimum Gasteiger partial charge on any atom is -0.496 e. The summed E-state index contributed by atoms with van der Waals surface area (Å²) in [7, 11) is 3.32. The standard InChI is InChI=1S/C14H18N2O2S/c1-5-6-12-15-16-14(19-12)13-10(17-3)7-9(2)8-11(13)18-4/h7-8H,5-6H2,1-4H3. The maximum atomic E-state index is 5.45. The Balaban J connectivity index is 2.52. The van der Waals surface area contributed by atoms with Crippen LogP contribution in [0.1, 0.15) is 23.9 Å². The molecule has 1 aromatic heterocycles. The van der Waals surface area contributed by atoms with Gasteiger partial charge in [0.25, 0.3) is 0 Å². The minimum atomic E-state index is 0.774. The van der Waals surface area contributed by atoms with Crippen LogP contribution in [0.4, 0.5) is 0 Å². The molecule has 0 radical (unpaired) electrons. The lowest BCUT2D eigenvalue weighted by molar-refractivity contribution is 0.396. The van der Waals surface area contributed by atoms with Crippen LogP contribution in [-0.2, 0) is 6.42 Å². The van der Waals surface area contributed by atoms with Gasteiger partial charge in [-0.1, -0.05) is 18.3 Å². The molecular weight excluding hydrogens is 260 g/mol. The Labute approximate surface area is 117 Å². The fraction of sp³-hybridized carbons (Fsp3) is 0.429. The van der Waals surface area contributed by atoms with Crippen molar-refractivity contribution in [1.82, 2.24) is 10.2 Å². The Morgan fingerprint density at radius 2 is 1.74 bits per heavy atom. The highest BCUT2D eigenvalue weighted by atomic mass is 32.1. The maximum Gasteiger partial charge on any atom is 0.155 e. The summed E-state index contributed by atoms with van der Waals surface area (Å²) in [4.78, 5) is 0. The molecule has 2 aromatic rings. The summed E-state index contributed by atoms with van der Waals surface area (Å²) in [5, 5.41) is 10.4. The van der Waals surface area contributed by atoms with Gasteiger partial charge in [0, 0.05) is 6.42 Å². The van der Waals surface area contributed by atoms with Crippen molar-refractivity contribution in [3.8, 4) is 22.1 Å². The normalized spacial score (nSPS) is 10.5. The van der Waals surface area contributed by atoms with E-state index in [0.29, 0.717) is 0 Å². The molecule has 0 bridgehead atoms. The summed E-state index contributed by atoms with van der Waals surface area (Å²) in [6.45, 7) is 4.14. The maximum absolute atomic E-state index is 5.45. The summed E-state index contributed by atoms with van der Waals surface area (Å²) >= 11 is 1.59. The lowest BCUT2D eigenvalue weighted by Gasteiger charge is -2.11. The van der Waals surface area contributed by atoms with Crippen LogP contribution in [-0.4, -0.2) is 24.4 Å². The minimum absolute atomic E-state index is 0.774. The molecule has 1 heterocycles. The van der Waals surface area contributed by atoms with Gasteiger partial charge in [-0.05, 0) is 31.0 Å². The average Bonchev–Trinajstić information content (AvgIpc) is 2.86. The van der Waals surface area contributed by atoms with Gasteiger partial charge in [-0.3, -0.25) is 0 Å². The Hall–Kier alpha value is -1.62. The largest absolute Gasteiger partial charge is 0.496 e. The number of aromatic nitrogens is 2. The van der Waals surface area contributed by atoms with Gasteiger partial charge in [0.05, 0.1) is 19.8 Å². The first-order valence-corrected chi connectivity index (χ1v) is 7.06. The van der Waals surface area contributed by atoms with Crippen molar-refractivity contribution < 1.29 is 9.47 Å². The molecule has 0 saturated heterocycles. The monoisotopic (exact) mass is 278 g/mol. The molecule has 19 heavy (non-hydrogen) atoms. The molecule has 0 saturated carbocycles. The summed E-state index contributed by atoms with van der Waals surface area (Å²) in [6.07, 6.45) is 2.02. The summed E-state index contributed by atoms with van der Waals surface area (Å²) in [5.74, 6) is 1.55.